The Bertz CT molecular complexity index is 2110. The van der Waals surface area contributed by atoms with Gasteiger partial charge in [0, 0.05) is 39.5 Å². The molecule has 2 aliphatic rings. The molecule has 6 rings (SSSR count). The molecular formula is C34H37ClF3N9O5. The number of fused-ring (bicyclic) bond motifs is 1. The van der Waals surface area contributed by atoms with E-state index in [1.807, 2.05) is 24.8 Å². The number of allylic oxidation sites excluding steroid dienone is 1. The summed E-state index contributed by atoms with van der Waals surface area (Å²) < 4.78 is 47.7. The van der Waals surface area contributed by atoms with Crippen molar-refractivity contribution in [2.75, 3.05) is 43.5 Å². The predicted molar refractivity (Wildman–Crippen MR) is 186 cm³/mol. The molecule has 0 bridgehead atoms. The first kappa shape index (κ1) is 36.8. The van der Waals surface area contributed by atoms with Gasteiger partial charge in [-0.15, -0.1) is 5.10 Å². The standard InChI is InChI=1S/C34H37ClF3N9O5/c1-4-19-12-13-39-26(28(19)49)31(50)45-16-14-44(15-17-45)27-23(5-2)46(18-25(48)40-22-10-11-24(34(36,37)38)41-29(22)35)33-42-30(43-47(33)32(27)51)20-6-8-21(52-3)9-7-20/h6,10-13,21,49H,4-5,7-9,14-18H2,1-3H3,(H,40,48). The number of ether oxygens (including phenoxy) is 1. The van der Waals surface area contributed by atoms with Crippen molar-refractivity contribution in [2.45, 2.75) is 64.8 Å². The summed E-state index contributed by atoms with van der Waals surface area (Å²) >= 11 is 6.02. The first-order valence-electron chi connectivity index (χ1n) is 16.8. The Kier molecular flexibility index (Phi) is 10.5. The van der Waals surface area contributed by atoms with E-state index in [0.29, 0.717) is 42.4 Å². The molecule has 276 valence electrons. The maximum Gasteiger partial charge on any atom is 0.433 e. The molecule has 2 amide bonds. The smallest absolute Gasteiger partial charge is 0.433 e. The second-order valence-electron chi connectivity index (χ2n) is 12.4. The average Bonchev–Trinajstić information content (AvgIpc) is 3.59. The zero-order chi connectivity index (χ0) is 37.3. The van der Waals surface area contributed by atoms with Crippen LogP contribution in [0.5, 0.6) is 5.75 Å². The van der Waals surface area contributed by atoms with Gasteiger partial charge >= 0.3 is 6.18 Å². The number of aromatic nitrogens is 6. The van der Waals surface area contributed by atoms with Gasteiger partial charge in [-0.2, -0.15) is 22.7 Å². The number of pyridine rings is 2. The van der Waals surface area contributed by atoms with E-state index >= 15 is 0 Å². The van der Waals surface area contributed by atoms with Crippen molar-refractivity contribution in [3.63, 3.8) is 0 Å². The fourth-order valence-corrected chi connectivity index (χ4v) is 6.73. The molecule has 1 atom stereocenters. The normalized spacial score (nSPS) is 16.7. The van der Waals surface area contributed by atoms with Crippen LogP contribution in [0.2, 0.25) is 5.15 Å². The molecule has 52 heavy (non-hydrogen) atoms. The SMILES string of the molecule is CCc1ccnc(C(=O)N2CCN(c3c(CC)n(CC(=O)Nc4ccc(C(F)(F)F)nc4Cl)c4nc(C5=CCC(OC)CC5)nn4c3=O)CC2)c1O. The number of aryl methyl sites for hydroxylation is 1. The van der Waals surface area contributed by atoms with Crippen LogP contribution in [0, 0.1) is 0 Å². The molecular weight excluding hydrogens is 707 g/mol. The fourth-order valence-electron chi connectivity index (χ4n) is 6.53. The number of nitrogens with zero attached hydrogens (tertiary/aromatic N) is 8. The van der Waals surface area contributed by atoms with Crippen molar-refractivity contribution >= 4 is 46.1 Å². The monoisotopic (exact) mass is 743 g/mol. The van der Waals surface area contributed by atoms with Crippen LogP contribution < -0.4 is 15.8 Å². The Labute approximate surface area is 300 Å². The number of carbonyl (C=O) groups excluding carboxylic acids is 2. The predicted octanol–water partition coefficient (Wildman–Crippen LogP) is 4.37. The van der Waals surface area contributed by atoms with E-state index in [4.69, 9.17) is 21.3 Å². The highest BCUT2D eigenvalue weighted by Gasteiger charge is 2.34. The summed E-state index contributed by atoms with van der Waals surface area (Å²) in [6.07, 6.45) is 1.58. The summed E-state index contributed by atoms with van der Waals surface area (Å²) in [5.41, 5.74) is 0.344. The second-order valence-corrected chi connectivity index (χ2v) is 12.8. The van der Waals surface area contributed by atoms with Gasteiger partial charge in [0.15, 0.2) is 16.7 Å². The number of rotatable bonds is 9. The largest absolute Gasteiger partial charge is 0.505 e. The number of aromatic hydroxyl groups is 1. The lowest BCUT2D eigenvalue weighted by atomic mass is 9.97. The number of halogens is 4. The third-order valence-corrected chi connectivity index (χ3v) is 9.62. The Balaban J connectivity index is 1.35. The van der Waals surface area contributed by atoms with E-state index in [1.165, 1.54) is 6.20 Å². The average molecular weight is 744 g/mol. The third-order valence-electron chi connectivity index (χ3n) is 9.33. The van der Waals surface area contributed by atoms with Gasteiger partial charge < -0.3 is 29.5 Å². The lowest BCUT2D eigenvalue weighted by molar-refractivity contribution is -0.141. The molecule has 18 heteroatoms. The van der Waals surface area contributed by atoms with Gasteiger partial charge in [0.25, 0.3) is 11.5 Å². The summed E-state index contributed by atoms with van der Waals surface area (Å²) in [5.74, 6) is -0.809. The van der Waals surface area contributed by atoms with Crippen LogP contribution in [0.15, 0.2) is 35.3 Å². The molecule has 0 radical (unpaired) electrons. The van der Waals surface area contributed by atoms with Crippen molar-refractivity contribution in [1.82, 2.24) is 34.0 Å². The van der Waals surface area contributed by atoms with Gasteiger partial charge in [0.1, 0.15) is 23.7 Å². The van der Waals surface area contributed by atoms with Gasteiger partial charge in [-0.3, -0.25) is 14.4 Å². The van der Waals surface area contributed by atoms with Crippen molar-refractivity contribution in [1.29, 1.82) is 0 Å². The number of carbonyl (C=O) groups is 2. The number of hydrogen-bond donors (Lipinski definition) is 2. The number of piperazine rings is 1. The lowest BCUT2D eigenvalue weighted by Crippen LogP contribution is -2.51. The van der Waals surface area contributed by atoms with Crippen molar-refractivity contribution < 1.29 is 32.6 Å². The van der Waals surface area contributed by atoms with Gasteiger partial charge in [-0.25, -0.2) is 9.97 Å². The van der Waals surface area contributed by atoms with Crippen LogP contribution in [0.4, 0.5) is 24.5 Å². The van der Waals surface area contributed by atoms with E-state index in [2.05, 4.69) is 20.4 Å². The molecule has 14 nitrogen and oxygen atoms in total. The van der Waals surface area contributed by atoms with E-state index in [-0.39, 0.29) is 67.3 Å². The Morgan fingerprint density at radius 1 is 1.10 bits per heavy atom. The van der Waals surface area contributed by atoms with Crippen LogP contribution in [0.1, 0.15) is 66.4 Å². The van der Waals surface area contributed by atoms with Crippen LogP contribution in [0.3, 0.4) is 0 Å². The molecule has 0 saturated carbocycles. The number of amides is 2. The van der Waals surface area contributed by atoms with Crippen molar-refractivity contribution in [3.05, 3.63) is 74.4 Å². The molecule has 1 aliphatic carbocycles. The summed E-state index contributed by atoms with van der Waals surface area (Å²) in [4.78, 5) is 56.8. The van der Waals surface area contributed by atoms with E-state index in [1.54, 1.807) is 22.6 Å². The lowest BCUT2D eigenvalue weighted by Gasteiger charge is -2.36. The minimum absolute atomic E-state index is 0.0378. The molecule has 1 aliphatic heterocycles. The molecule has 1 saturated heterocycles. The maximum absolute atomic E-state index is 14.3. The van der Waals surface area contributed by atoms with Gasteiger partial charge in [-0.05, 0) is 61.4 Å². The zero-order valence-corrected chi connectivity index (χ0v) is 29.5. The first-order chi connectivity index (χ1) is 24.8. The van der Waals surface area contributed by atoms with Crippen molar-refractivity contribution in [3.8, 4) is 5.75 Å². The highest BCUT2D eigenvalue weighted by molar-refractivity contribution is 6.32. The molecule has 0 spiro atoms. The van der Waals surface area contributed by atoms with Crippen LogP contribution in [-0.4, -0.2) is 90.3 Å². The molecule has 1 unspecified atom stereocenters. The van der Waals surface area contributed by atoms with Gasteiger partial charge in [0.2, 0.25) is 11.7 Å². The molecule has 2 N–H and O–H groups in total. The number of anilines is 2. The van der Waals surface area contributed by atoms with E-state index in [0.717, 1.165) is 22.6 Å². The molecule has 1 fully saturated rings. The number of hydrogen-bond acceptors (Lipinski definition) is 10. The first-order valence-corrected chi connectivity index (χ1v) is 17.2. The third kappa shape index (κ3) is 7.19. The summed E-state index contributed by atoms with van der Waals surface area (Å²) in [5, 5.41) is 17.2. The molecule has 5 heterocycles. The van der Waals surface area contributed by atoms with Crippen LogP contribution >= 0.6 is 11.6 Å². The highest BCUT2D eigenvalue weighted by atomic mass is 35.5. The van der Waals surface area contributed by atoms with Gasteiger partial charge in [-0.1, -0.05) is 31.5 Å². The second kappa shape index (κ2) is 14.9. The van der Waals surface area contributed by atoms with E-state index in [9.17, 15) is 32.7 Å². The van der Waals surface area contributed by atoms with E-state index < -0.39 is 40.9 Å². The van der Waals surface area contributed by atoms with Crippen molar-refractivity contribution in [2.24, 2.45) is 0 Å². The Hall–Kier alpha value is -5.03. The molecule has 4 aromatic rings. The number of methoxy groups -OCH3 is 1. The van der Waals surface area contributed by atoms with Crippen LogP contribution in [0.25, 0.3) is 11.4 Å². The van der Waals surface area contributed by atoms with Gasteiger partial charge in [0.05, 0.1) is 17.5 Å². The fraction of sp³-hybridized carbons (Fsp3) is 0.441. The zero-order valence-electron chi connectivity index (χ0n) is 28.7. The minimum atomic E-state index is -4.72. The highest BCUT2D eigenvalue weighted by Crippen LogP contribution is 2.32. The number of nitrogens with one attached hydrogen (secondary N) is 1. The molecule has 0 aromatic carbocycles. The molecule has 4 aromatic heterocycles. The minimum Gasteiger partial charge on any atom is -0.505 e. The number of alkyl halides is 3. The maximum atomic E-state index is 14.3. The van der Waals surface area contributed by atoms with Crippen LogP contribution in [-0.2, 0) is 35.1 Å². The summed E-state index contributed by atoms with van der Waals surface area (Å²) in [6.45, 7) is 4.22. The summed E-state index contributed by atoms with van der Waals surface area (Å²) in [6, 6.07) is 3.40. The quantitative estimate of drug-likeness (QED) is 0.236. The summed E-state index contributed by atoms with van der Waals surface area (Å²) in [7, 11) is 1.65. The Morgan fingerprint density at radius 3 is 2.46 bits per heavy atom. The topological polar surface area (TPSA) is 160 Å². The Morgan fingerprint density at radius 2 is 1.85 bits per heavy atom.